The summed E-state index contributed by atoms with van der Waals surface area (Å²) in [6.07, 6.45) is 8.72. The highest BCUT2D eigenvalue weighted by atomic mass is 16.5. The van der Waals surface area contributed by atoms with Crippen molar-refractivity contribution >= 4 is 17.1 Å². The minimum absolute atomic E-state index is 0.440. The molecule has 2 aromatic carbocycles. The van der Waals surface area contributed by atoms with Gasteiger partial charge in [-0.2, -0.15) is 0 Å². The van der Waals surface area contributed by atoms with E-state index in [9.17, 15) is 0 Å². The van der Waals surface area contributed by atoms with Crippen LogP contribution in [0.25, 0.3) is 0 Å². The molecule has 1 aliphatic carbocycles. The van der Waals surface area contributed by atoms with Gasteiger partial charge in [0.1, 0.15) is 5.75 Å². The van der Waals surface area contributed by atoms with Gasteiger partial charge in [0.2, 0.25) is 0 Å². The number of ether oxygens (including phenoxy) is 1. The van der Waals surface area contributed by atoms with Crippen molar-refractivity contribution in [3.05, 3.63) is 78.1 Å². The van der Waals surface area contributed by atoms with Crippen molar-refractivity contribution in [3.8, 4) is 5.75 Å². The van der Waals surface area contributed by atoms with Crippen LogP contribution in [0.4, 0.5) is 17.1 Å². The highest BCUT2D eigenvalue weighted by Gasteiger charge is 2.23. The van der Waals surface area contributed by atoms with Gasteiger partial charge in [0.15, 0.2) is 0 Å². The molecule has 1 fully saturated rings. The van der Waals surface area contributed by atoms with Crippen molar-refractivity contribution in [1.29, 1.82) is 0 Å². The molecule has 0 spiro atoms. The molecule has 4 nitrogen and oxygen atoms in total. The van der Waals surface area contributed by atoms with Gasteiger partial charge in [-0.25, -0.2) is 0 Å². The van der Waals surface area contributed by atoms with Crippen LogP contribution in [0.1, 0.15) is 36.3 Å². The number of fused-ring (bicyclic) bond motifs is 1. The fourth-order valence-corrected chi connectivity index (χ4v) is 4.24. The summed E-state index contributed by atoms with van der Waals surface area (Å²) in [5.74, 6) is 2.37. The first-order valence-corrected chi connectivity index (χ1v) is 11.0. The molecule has 4 heteroatoms. The normalized spacial score (nSPS) is 17.7. The Balaban J connectivity index is 1.29. The number of nitrogens with zero attached hydrogens (tertiary/aromatic N) is 2. The Bertz CT molecular complexity index is 983. The number of benzene rings is 2. The lowest BCUT2D eigenvalue weighted by atomic mass is 9.92. The zero-order chi connectivity index (χ0) is 20.3. The molecular weight excluding hydrogens is 370 g/mol. The third kappa shape index (κ3) is 4.28. The van der Waals surface area contributed by atoms with E-state index in [0.717, 1.165) is 42.6 Å². The molecular formula is C26H29N3O. The molecule has 1 N–H and O–H groups in total. The van der Waals surface area contributed by atoms with Gasteiger partial charge >= 0.3 is 0 Å². The minimum Gasteiger partial charge on any atom is -0.493 e. The van der Waals surface area contributed by atoms with Gasteiger partial charge in [0.05, 0.1) is 12.3 Å². The van der Waals surface area contributed by atoms with E-state index >= 15 is 0 Å². The van der Waals surface area contributed by atoms with Crippen LogP contribution in [0.5, 0.6) is 5.75 Å². The molecule has 1 aromatic heterocycles. The van der Waals surface area contributed by atoms with Crippen molar-refractivity contribution in [1.82, 2.24) is 4.98 Å². The topological polar surface area (TPSA) is 37.4 Å². The first-order valence-electron chi connectivity index (χ1n) is 11.0. The molecule has 0 radical (unpaired) electrons. The predicted octanol–water partition coefficient (Wildman–Crippen LogP) is 5.78. The summed E-state index contributed by atoms with van der Waals surface area (Å²) in [6.45, 7) is 1.65. The molecule has 30 heavy (non-hydrogen) atoms. The first-order chi connectivity index (χ1) is 14.8. The van der Waals surface area contributed by atoms with Crippen molar-refractivity contribution in [2.75, 3.05) is 30.4 Å². The quantitative estimate of drug-likeness (QED) is 0.546. The maximum absolute atomic E-state index is 6.04. The molecule has 1 saturated carbocycles. The lowest BCUT2D eigenvalue weighted by Gasteiger charge is -2.28. The number of anilines is 3. The zero-order valence-corrected chi connectivity index (χ0v) is 17.6. The molecule has 1 atom stereocenters. The maximum atomic E-state index is 6.04. The second kappa shape index (κ2) is 8.39. The van der Waals surface area contributed by atoms with Gasteiger partial charge in [-0.3, -0.25) is 4.98 Å². The molecule has 3 aromatic rings. The van der Waals surface area contributed by atoms with E-state index in [0.29, 0.717) is 5.92 Å². The van der Waals surface area contributed by atoms with Gasteiger partial charge in [-0.1, -0.05) is 18.2 Å². The van der Waals surface area contributed by atoms with Crippen LogP contribution in [0, 0.1) is 5.92 Å². The van der Waals surface area contributed by atoms with Crippen molar-refractivity contribution in [2.45, 2.75) is 31.6 Å². The second-order valence-electron chi connectivity index (χ2n) is 8.55. The van der Waals surface area contributed by atoms with E-state index in [1.807, 2.05) is 12.3 Å². The number of hydrogen-bond donors (Lipinski definition) is 1. The first kappa shape index (κ1) is 19.0. The summed E-state index contributed by atoms with van der Waals surface area (Å²) in [4.78, 5) is 6.42. The molecule has 2 aliphatic rings. The van der Waals surface area contributed by atoms with Gasteiger partial charge in [-0.05, 0) is 73.1 Å². The van der Waals surface area contributed by atoms with Crippen LogP contribution in [0.2, 0.25) is 0 Å². The van der Waals surface area contributed by atoms with E-state index < -0.39 is 0 Å². The molecule has 154 valence electrons. The van der Waals surface area contributed by atoms with Crippen LogP contribution in [-0.2, 0) is 6.42 Å². The van der Waals surface area contributed by atoms with Crippen LogP contribution < -0.4 is 15.0 Å². The van der Waals surface area contributed by atoms with Gasteiger partial charge < -0.3 is 15.0 Å². The third-order valence-corrected chi connectivity index (χ3v) is 6.31. The predicted molar refractivity (Wildman–Crippen MR) is 123 cm³/mol. The highest BCUT2D eigenvalue weighted by molar-refractivity contribution is 5.65. The summed E-state index contributed by atoms with van der Waals surface area (Å²) in [6, 6.07) is 19.7. The van der Waals surface area contributed by atoms with E-state index in [-0.39, 0.29) is 0 Å². The monoisotopic (exact) mass is 399 g/mol. The molecule has 2 heterocycles. The summed E-state index contributed by atoms with van der Waals surface area (Å²) in [5.41, 5.74) is 6.17. The van der Waals surface area contributed by atoms with E-state index in [2.05, 4.69) is 70.8 Å². The van der Waals surface area contributed by atoms with E-state index in [4.69, 9.17) is 4.74 Å². The van der Waals surface area contributed by atoms with E-state index in [1.54, 1.807) is 6.20 Å². The number of nitrogens with one attached hydrogen (secondary N) is 1. The average Bonchev–Trinajstić information content (AvgIpc) is 3.62. The summed E-state index contributed by atoms with van der Waals surface area (Å²) >= 11 is 0. The highest BCUT2D eigenvalue weighted by Crippen LogP contribution is 2.38. The summed E-state index contributed by atoms with van der Waals surface area (Å²) in [7, 11) is 2.13. The number of rotatable bonds is 7. The van der Waals surface area contributed by atoms with Gasteiger partial charge in [0, 0.05) is 49.3 Å². The average molecular weight is 400 g/mol. The Kier molecular flexibility index (Phi) is 5.31. The van der Waals surface area contributed by atoms with Gasteiger partial charge in [-0.15, -0.1) is 0 Å². The Hall–Kier alpha value is -3.01. The number of hydrogen-bond acceptors (Lipinski definition) is 4. The number of aromatic nitrogens is 1. The standard InChI is InChI=1S/C26H29N3O/c1-29(23-8-6-20(7-9-23)15-19-4-5-19)24-10-11-25-21(12-14-30-26(25)16-24)17-28-22-3-2-13-27-18-22/h2-3,6-11,13,16,18-19,21,28H,4-5,12,14-15,17H2,1H3/t21-/m0/s1. The van der Waals surface area contributed by atoms with E-state index in [1.165, 1.54) is 36.1 Å². The van der Waals surface area contributed by atoms with Crippen LogP contribution in [0.15, 0.2) is 67.0 Å². The largest absolute Gasteiger partial charge is 0.493 e. The summed E-state index contributed by atoms with van der Waals surface area (Å²) < 4.78 is 6.04. The van der Waals surface area contributed by atoms with Crippen LogP contribution in [-0.4, -0.2) is 25.2 Å². The lowest BCUT2D eigenvalue weighted by molar-refractivity contribution is 0.270. The SMILES string of the molecule is CN(c1ccc(CC2CC2)cc1)c1ccc2c(c1)OCC[C@H]2CNc1cccnc1. The molecule has 1 aliphatic heterocycles. The smallest absolute Gasteiger partial charge is 0.124 e. The zero-order valence-electron chi connectivity index (χ0n) is 17.6. The Morgan fingerprint density at radius 2 is 1.87 bits per heavy atom. The molecule has 0 unspecified atom stereocenters. The minimum atomic E-state index is 0.440. The Morgan fingerprint density at radius 3 is 2.63 bits per heavy atom. The molecule has 5 rings (SSSR count). The van der Waals surface area contributed by atoms with Gasteiger partial charge in [0.25, 0.3) is 0 Å². The van der Waals surface area contributed by atoms with Crippen LogP contribution >= 0.6 is 0 Å². The molecule has 0 bridgehead atoms. The maximum Gasteiger partial charge on any atom is 0.124 e. The Morgan fingerprint density at radius 1 is 1.03 bits per heavy atom. The second-order valence-corrected chi connectivity index (χ2v) is 8.55. The van der Waals surface area contributed by atoms with Crippen LogP contribution in [0.3, 0.4) is 0 Å². The van der Waals surface area contributed by atoms with Crippen molar-refractivity contribution in [3.63, 3.8) is 0 Å². The number of pyridine rings is 1. The fraction of sp³-hybridized carbons (Fsp3) is 0.346. The van der Waals surface area contributed by atoms with Crippen molar-refractivity contribution < 1.29 is 4.74 Å². The Labute approximate surface area is 178 Å². The molecule has 0 saturated heterocycles. The van der Waals surface area contributed by atoms with Crippen molar-refractivity contribution in [2.24, 2.45) is 5.92 Å². The fourth-order valence-electron chi connectivity index (χ4n) is 4.24. The summed E-state index contributed by atoms with van der Waals surface area (Å²) in [5, 5.41) is 3.51. The third-order valence-electron chi connectivity index (χ3n) is 6.31. The molecule has 0 amide bonds. The lowest BCUT2D eigenvalue weighted by Crippen LogP contribution is -2.21.